The van der Waals surface area contributed by atoms with Crippen molar-refractivity contribution in [2.75, 3.05) is 13.1 Å². The van der Waals surface area contributed by atoms with E-state index in [4.69, 9.17) is 5.11 Å². The monoisotopic (exact) mass is 169 g/mol. The van der Waals surface area contributed by atoms with E-state index < -0.39 is 5.97 Å². The van der Waals surface area contributed by atoms with Crippen molar-refractivity contribution >= 4 is 5.97 Å². The molecule has 1 N–H and O–H groups in total. The number of likely N-dealkylation sites (tertiary alicyclic amines) is 1. The molecule has 1 saturated heterocycles. The second kappa shape index (κ2) is 4.14. The topological polar surface area (TPSA) is 40.5 Å². The summed E-state index contributed by atoms with van der Waals surface area (Å²) >= 11 is 0. The van der Waals surface area contributed by atoms with Gasteiger partial charge in [-0.1, -0.05) is 6.08 Å². The van der Waals surface area contributed by atoms with Gasteiger partial charge >= 0.3 is 5.97 Å². The Labute approximate surface area is 72.7 Å². The number of aliphatic carboxylic acids is 1. The van der Waals surface area contributed by atoms with Crippen molar-refractivity contribution in [3.8, 4) is 0 Å². The molecule has 0 aliphatic carbocycles. The highest BCUT2D eigenvalue weighted by Gasteiger charge is 2.17. The Morgan fingerprint density at radius 2 is 1.92 bits per heavy atom. The van der Waals surface area contributed by atoms with Gasteiger partial charge < -0.3 is 10.0 Å². The minimum absolute atomic E-state index is 0.453. The summed E-state index contributed by atoms with van der Waals surface area (Å²) in [5, 5.41) is 8.82. The molecule has 3 nitrogen and oxygen atoms in total. The van der Waals surface area contributed by atoms with Crippen molar-refractivity contribution in [1.29, 1.82) is 0 Å². The number of nitrogens with zero attached hydrogens (tertiary/aromatic N) is 1. The molecular formula is C9H15NO2. The van der Waals surface area contributed by atoms with E-state index in [1.54, 1.807) is 13.0 Å². The maximum Gasteiger partial charge on any atom is 0.351 e. The van der Waals surface area contributed by atoms with Gasteiger partial charge in [0, 0.05) is 13.1 Å². The minimum atomic E-state index is -0.806. The lowest BCUT2D eigenvalue weighted by atomic mass is 10.1. The third-order valence-corrected chi connectivity index (χ3v) is 2.19. The summed E-state index contributed by atoms with van der Waals surface area (Å²) in [5.41, 5.74) is 0.453. The Balaban J connectivity index is 2.59. The molecule has 1 fully saturated rings. The molecule has 3 heteroatoms. The fourth-order valence-corrected chi connectivity index (χ4v) is 1.58. The van der Waals surface area contributed by atoms with E-state index in [0.717, 1.165) is 25.9 Å². The van der Waals surface area contributed by atoms with Crippen LogP contribution < -0.4 is 0 Å². The summed E-state index contributed by atoms with van der Waals surface area (Å²) in [6.45, 7) is 3.57. The summed E-state index contributed by atoms with van der Waals surface area (Å²) in [4.78, 5) is 12.7. The van der Waals surface area contributed by atoms with Crippen molar-refractivity contribution < 1.29 is 9.90 Å². The van der Waals surface area contributed by atoms with Gasteiger partial charge in [0.25, 0.3) is 0 Å². The second-order valence-corrected chi connectivity index (χ2v) is 3.03. The molecule has 68 valence electrons. The maximum atomic E-state index is 10.7. The van der Waals surface area contributed by atoms with E-state index in [2.05, 4.69) is 0 Å². The largest absolute Gasteiger partial charge is 0.477 e. The molecule has 0 aromatic carbocycles. The quantitative estimate of drug-likeness (QED) is 0.636. The molecule has 0 unspecified atom stereocenters. The van der Waals surface area contributed by atoms with Gasteiger partial charge in [-0.05, 0) is 26.2 Å². The summed E-state index contributed by atoms with van der Waals surface area (Å²) in [6.07, 6.45) is 5.13. The molecule has 1 rings (SSSR count). The molecular weight excluding hydrogens is 154 g/mol. The molecule has 0 aromatic heterocycles. The van der Waals surface area contributed by atoms with Crippen molar-refractivity contribution in [3.63, 3.8) is 0 Å². The Bertz CT molecular complexity index is 193. The predicted octanol–water partition coefficient (Wildman–Crippen LogP) is 1.46. The number of hydrogen-bond acceptors (Lipinski definition) is 2. The van der Waals surface area contributed by atoms with Crippen LogP contribution >= 0.6 is 0 Å². The zero-order valence-electron chi connectivity index (χ0n) is 7.42. The van der Waals surface area contributed by atoms with E-state index in [0.29, 0.717) is 5.70 Å². The van der Waals surface area contributed by atoms with Crippen molar-refractivity contribution in [2.24, 2.45) is 0 Å². The number of rotatable bonds is 2. The van der Waals surface area contributed by atoms with Crippen LogP contribution in [-0.2, 0) is 4.79 Å². The molecule has 0 spiro atoms. The predicted molar refractivity (Wildman–Crippen MR) is 46.8 cm³/mol. The van der Waals surface area contributed by atoms with E-state index >= 15 is 0 Å². The van der Waals surface area contributed by atoms with Crippen LogP contribution in [-0.4, -0.2) is 29.1 Å². The fraction of sp³-hybridized carbons (Fsp3) is 0.667. The van der Waals surface area contributed by atoms with Gasteiger partial charge in [0.1, 0.15) is 5.70 Å². The zero-order chi connectivity index (χ0) is 8.97. The van der Waals surface area contributed by atoms with Crippen LogP contribution in [0.1, 0.15) is 26.2 Å². The third-order valence-electron chi connectivity index (χ3n) is 2.19. The normalized spacial score (nSPS) is 19.4. The molecule has 12 heavy (non-hydrogen) atoms. The summed E-state index contributed by atoms with van der Waals surface area (Å²) in [6, 6.07) is 0. The number of hydrogen-bond donors (Lipinski definition) is 1. The average Bonchev–Trinajstić information content (AvgIpc) is 2.07. The third kappa shape index (κ3) is 2.00. The van der Waals surface area contributed by atoms with Crippen molar-refractivity contribution in [3.05, 3.63) is 11.8 Å². The van der Waals surface area contributed by atoms with E-state index in [1.165, 1.54) is 6.42 Å². The number of carboxylic acids is 1. The van der Waals surface area contributed by atoms with Crippen LogP contribution in [0.5, 0.6) is 0 Å². The molecule has 0 bridgehead atoms. The number of piperidine rings is 1. The van der Waals surface area contributed by atoms with Gasteiger partial charge in [-0.25, -0.2) is 4.79 Å². The van der Waals surface area contributed by atoms with Crippen LogP contribution in [0.3, 0.4) is 0 Å². The smallest absolute Gasteiger partial charge is 0.351 e. The molecule has 0 atom stereocenters. The summed E-state index contributed by atoms with van der Waals surface area (Å²) < 4.78 is 0. The standard InChI is InChI=1S/C9H15NO2/c1-2-8(9(11)12)10-6-4-3-5-7-10/h2H,3-7H2,1H3,(H,11,12)/b8-2+. The van der Waals surface area contributed by atoms with Crippen LogP contribution in [0.25, 0.3) is 0 Å². The first-order valence-corrected chi connectivity index (χ1v) is 4.40. The lowest BCUT2D eigenvalue weighted by molar-refractivity contribution is -0.134. The lowest BCUT2D eigenvalue weighted by Gasteiger charge is -2.28. The highest BCUT2D eigenvalue weighted by molar-refractivity contribution is 5.85. The van der Waals surface area contributed by atoms with Gasteiger partial charge in [-0.2, -0.15) is 0 Å². The van der Waals surface area contributed by atoms with Gasteiger partial charge in [0.15, 0.2) is 0 Å². The Morgan fingerprint density at radius 3 is 2.33 bits per heavy atom. The summed E-state index contributed by atoms with van der Waals surface area (Å²) in [5.74, 6) is -0.806. The molecule has 1 aliphatic rings. The molecule has 0 saturated carbocycles. The van der Waals surface area contributed by atoms with Crippen LogP contribution in [0, 0.1) is 0 Å². The van der Waals surface area contributed by atoms with Gasteiger partial charge in [0.05, 0.1) is 0 Å². The molecule has 0 amide bonds. The Hall–Kier alpha value is -0.990. The molecule has 0 radical (unpaired) electrons. The zero-order valence-corrected chi connectivity index (χ0v) is 7.42. The Kier molecular flexibility index (Phi) is 3.14. The molecule has 0 aromatic rings. The maximum absolute atomic E-state index is 10.7. The van der Waals surface area contributed by atoms with Gasteiger partial charge in [-0.15, -0.1) is 0 Å². The summed E-state index contributed by atoms with van der Waals surface area (Å²) in [7, 11) is 0. The van der Waals surface area contributed by atoms with Crippen LogP contribution in [0.4, 0.5) is 0 Å². The Morgan fingerprint density at radius 1 is 1.33 bits per heavy atom. The minimum Gasteiger partial charge on any atom is -0.477 e. The first kappa shape index (κ1) is 9.10. The highest BCUT2D eigenvalue weighted by Crippen LogP contribution is 2.14. The number of carbonyl (C=O) groups is 1. The average molecular weight is 169 g/mol. The first-order chi connectivity index (χ1) is 5.75. The van der Waals surface area contributed by atoms with Crippen LogP contribution in [0.2, 0.25) is 0 Å². The SMILES string of the molecule is C/C=C(\C(=O)O)N1CCCCC1. The fourth-order valence-electron chi connectivity index (χ4n) is 1.58. The van der Waals surface area contributed by atoms with E-state index in [-0.39, 0.29) is 0 Å². The number of allylic oxidation sites excluding steroid dienone is 1. The van der Waals surface area contributed by atoms with Crippen molar-refractivity contribution in [1.82, 2.24) is 4.90 Å². The lowest BCUT2D eigenvalue weighted by Crippen LogP contribution is -2.32. The van der Waals surface area contributed by atoms with Gasteiger partial charge in [-0.3, -0.25) is 0 Å². The van der Waals surface area contributed by atoms with Crippen LogP contribution in [0.15, 0.2) is 11.8 Å². The number of carboxylic acid groups (broad SMARTS) is 1. The first-order valence-electron chi connectivity index (χ1n) is 4.40. The van der Waals surface area contributed by atoms with Gasteiger partial charge in [0.2, 0.25) is 0 Å². The molecule has 1 aliphatic heterocycles. The second-order valence-electron chi connectivity index (χ2n) is 3.03. The highest BCUT2D eigenvalue weighted by atomic mass is 16.4. The van der Waals surface area contributed by atoms with E-state index in [9.17, 15) is 4.79 Å². The van der Waals surface area contributed by atoms with E-state index in [1.807, 2.05) is 4.90 Å². The van der Waals surface area contributed by atoms with Crippen molar-refractivity contribution in [2.45, 2.75) is 26.2 Å². The molecule has 1 heterocycles.